The second kappa shape index (κ2) is 9.19. The van der Waals surface area contributed by atoms with Crippen molar-refractivity contribution in [3.63, 3.8) is 0 Å². The number of aliphatic hydroxyl groups is 1. The van der Waals surface area contributed by atoms with Crippen molar-refractivity contribution in [3.8, 4) is 0 Å². The predicted molar refractivity (Wildman–Crippen MR) is 104 cm³/mol. The lowest BCUT2D eigenvalue weighted by Crippen LogP contribution is -2.55. The highest BCUT2D eigenvalue weighted by Gasteiger charge is 2.38. The van der Waals surface area contributed by atoms with Crippen LogP contribution < -0.4 is 10.6 Å². The van der Waals surface area contributed by atoms with Gasteiger partial charge in [-0.05, 0) is 58.7 Å². The van der Waals surface area contributed by atoms with Gasteiger partial charge in [0.05, 0.1) is 6.61 Å². The molecule has 150 valence electrons. The third kappa shape index (κ3) is 5.68. The van der Waals surface area contributed by atoms with Crippen molar-refractivity contribution in [1.82, 2.24) is 15.5 Å². The minimum Gasteiger partial charge on any atom is -0.465 e. The molecule has 0 spiro atoms. The van der Waals surface area contributed by atoms with Crippen molar-refractivity contribution in [2.75, 3.05) is 20.7 Å². The maximum Gasteiger partial charge on any atom is 0.405 e. The summed E-state index contributed by atoms with van der Waals surface area (Å²) in [5.41, 5.74) is 2.62. The van der Waals surface area contributed by atoms with E-state index in [1.165, 1.54) is 11.1 Å². The van der Waals surface area contributed by atoms with Crippen LogP contribution in [0.15, 0.2) is 24.3 Å². The Balaban J connectivity index is 1.98. The first kappa shape index (κ1) is 21.2. The van der Waals surface area contributed by atoms with Crippen LogP contribution in [0.3, 0.4) is 0 Å². The largest absolute Gasteiger partial charge is 0.465 e. The van der Waals surface area contributed by atoms with Gasteiger partial charge in [0.15, 0.2) is 0 Å². The third-order valence-electron chi connectivity index (χ3n) is 5.62. The van der Waals surface area contributed by atoms with Gasteiger partial charge in [0.1, 0.15) is 6.04 Å². The van der Waals surface area contributed by atoms with Crippen LogP contribution in [0.2, 0.25) is 0 Å². The van der Waals surface area contributed by atoms with Crippen molar-refractivity contribution in [1.29, 1.82) is 0 Å². The summed E-state index contributed by atoms with van der Waals surface area (Å²) in [6.07, 6.45) is 3.16. The standard InChI is InChI=1S/C20H31N3O4/c1-14-5-4-6-15(11-14)12-20(23(2)3)9-7-16(8-10-20)21-18(25)17(13-24)22-19(26)27/h4-6,11,16-17,22,24H,7-10,12-13H2,1-3H3,(H,21,25)(H,26,27). The van der Waals surface area contributed by atoms with E-state index >= 15 is 0 Å². The molecule has 1 fully saturated rings. The summed E-state index contributed by atoms with van der Waals surface area (Å²) < 4.78 is 0. The second-order valence-corrected chi connectivity index (χ2v) is 7.75. The molecule has 0 aliphatic heterocycles. The molecule has 0 aromatic heterocycles. The lowest BCUT2D eigenvalue weighted by molar-refractivity contribution is -0.125. The van der Waals surface area contributed by atoms with Gasteiger partial charge in [-0.15, -0.1) is 0 Å². The first-order chi connectivity index (χ1) is 12.8. The molecule has 4 N–H and O–H groups in total. The van der Waals surface area contributed by atoms with Crippen LogP contribution in [0.5, 0.6) is 0 Å². The molecule has 2 rings (SSSR count). The maximum atomic E-state index is 12.2. The minimum atomic E-state index is -1.32. The number of amides is 2. The van der Waals surface area contributed by atoms with Gasteiger partial charge in [0, 0.05) is 11.6 Å². The van der Waals surface area contributed by atoms with Crippen LogP contribution in [0.1, 0.15) is 36.8 Å². The van der Waals surface area contributed by atoms with Crippen molar-refractivity contribution in [2.24, 2.45) is 0 Å². The number of aliphatic hydroxyl groups excluding tert-OH is 1. The monoisotopic (exact) mass is 377 g/mol. The summed E-state index contributed by atoms with van der Waals surface area (Å²) in [5, 5.41) is 22.9. The van der Waals surface area contributed by atoms with E-state index in [4.69, 9.17) is 5.11 Å². The molecular weight excluding hydrogens is 346 g/mol. The minimum absolute atomic E-state index is 0.00673. The third-order valence-corrected chi connectivity index (χ3v) is 5.62. The molecule has 0 heterocycles. The van der Waals surface area contributed by atoms with E-state index in [1.54, 1.807) is 0 Å². The molecule has 0 bridgehead atoms. The summed E-state index contributed by atoms with van der Waals surface area (Å²) in [6.45, 7) is 1.54. The Kier molecular flexibility index (Phi) is 7.21. The molecule has 1 aromatic carbocycles. The van der Waals surface area contributed by atoms with E-state index in [2.05, 4.69) is 55.5 Å². The van der Waals surface area contributed by atoms with Crippen LogP contribution in [0.25, 0.3) is 0 Å². The van der Waals surface area contributed by atoms with E-state index in [1.807, 2.05) is 5.32 Å². The number of nitrogens with one attached hydrogen (secondary N) is 2. The quantitative estimate of drug-likeness (QED) is 0.577. The van der Waals surface area contributed by atoms with Crippen LogP contribution in [0, 0.1) is 6.92 Å². The number of carboxylic acid groups (broad SMARTS) is 1. The van der Waals surface area contributed by atoms with E-state index in [0.717, 1.165) is 32.1 Å². The molecule has 1 aliphatic rings. The zero-order valence-corrected chi connectivity index (χ0v) is 16.4. The first-order valence-corrected chi connectivity index (χ1v) is 9.39. The van der Waals surface area contributed by atoms with Gasteiger partial charge >= 0.3 is 6.09 Å². The molecule has 1 atom stereocenters. The highest BCUT2D eigenvalue weighted by Crippen LogP contribution is 2.35. The summed E-state index contributed by atoms with van der Waals surface area (Å²) in [7, 11) is 4.21. The Labute approximate surface area is 160 Å². The van der Waals surface area contributed by atoms with Crippen molar-refractivity contribution in [2.45, 2.75) is 56.7 Å². The van der Waals surface area contributed by atoms with Gasteiger partial charge in [-0.3, -0.25) is 4.79 Å². The molecule has 1 aliphatic carbocycles. The zero-order chi connectivity index (χ0) is 20.0. The summed E-state index contributed by atoms with van der Waals surface area (Å²) in [4.78, 5) is 25.2. The van der Waals surface area contributed by atoms with Gasteiger partial charge in [-0.25, -0.2) is 4.79 Å². The number of hydrogen-bond acceptors (Lipinski definition) is 4. The Morgan fingerprint density at radius 1 is 1.30 bits per heavy atom. The lowest BCUT2D eigenvalue weighted by Gasteiger charge is -2.45. The number of hydrogen-bond donors (Lipinski definition) is 4. The predicted octanol–water partition coefficient (Wildman–Crippen LogP) is 1.53. The fourth-order valence-electron chi connectivity index (χ4n) is 3.93. The molecule has 1 unspecified atom stereocenters. The average molecular weight is 377 g/mol. The van der Waals surface area contributed by atoms with Crippen molar-refractivity contribution >= 4 is 12.0 Å². The SMILES string of the molecule is Cc1cccc(CC2(N(C)C)CCC(NC(=O)C(CO)NC(=O)O)CC2)c1. The van der Waals surface area contributed by atoms with Gasteiger partial charge in [0.2, 0.25) is 5.91 Å². The Bertz CT molecular complexity index is 654. The van der Waals surface area contributed by atoms with Crippen LogP contribution in [-0.2, 0) is 11.2 Å². The van der Waals surface area contributed by atoms with Gasteiger partial charge in [-0.1, -0.05) is 29.8 Å². The number of aryl methyl sites for hydroxylation is 1. The number of nitrogens with zero attached hydrogens (tertiary/aromatic N) is 1. The van der Waals surface area contributed by atoms with Gasteiger partial charge in [-0.2, -0.15) is 0 Å². The molecule has 0 radical (unpaired) electrons. The van der Waals surface area contributed by atoms with E-state index in [9.17, 15) is 14.7 Å². The van der Waals surface area contributed by atoms with E-state index < -0.39 is 24.6 Å². The Morgan fingerprint density at radius 3 is 2.48 bits per heavy atom. The van der Waals surface area contributed by atoms with E-state index in [-0.39, 0.29) is 11.6 Å². The molecule has 27 heavy (non-hydrogen) atoms. The molecule has 1 saturated carbocycles. The van der Waals surface area contributed by atoms with Crippen LogP contribution in [0.4, 0.5) is 4.79 Å². The number of rotatable bonds is 7. The highest BCUT2D eigenvalue weighted by molar-refractivity contribution is 5.85. The van der Waals surface area contributed by atoms with Gasteiger partial charge < -0.3 is 25.7 Å². The number of likely N-dealkylation sites (N-methyl/N-ethyl adjacent to an activating group) is 1. The fourth-order valence-corrected chi connectivity index (χ4v) is 3.93. The normalized spacial score (nSPS) is 23.7. The molecular formula is C20H31N3O4. The highest BCUT2D eigenvalue weighted by atomic mass is 16.4. The molecule has 0 saturated heterocycles. The maximum absolute atomic E-state index is 12.2. The van der Waals surface area contributed by atoms with E-state index in [0.29, 0.717) is 0 Å². The summed E-state index contributed by atoms with van der Waals surface area (Å²) in [6, 6.07) is 7.44. The fraction of sp³-hybridized carbons (Fsp3) is 0.600. The molecule has 7 heteroatoms. The number of carbonyl (C=O) groups is 2. The Morgan fingerprint density at radius 2 is 1.96 bits per heavy atom. The Hall–Kier alpha value is -2.12. The summed E-state index contributed by atoms with van der Waals surface area (Å²) in [5.74, 6) is -0.471. The van der Waals surface area contributed by atoms with Crippen molar-refractivity contribution in [3.05, 3.63) is 35.4 Å². The topological polar surface area (TPSA) is 102 Å². The smallest absolute Gasteiger partial charge is 0.405 e. The molecule has 7 nitrogen and oxygen atoms in total. The van der Waals surface area contributed by atoms with Gasteiger partial charge in [0.25, 0.3) is 0 Å². The van der Waals surface area contributed by atoms with Crippen LogP contribution >= 0.6 is 0 Å². The molecule has 1 aromatic rings. The number of carbonyl (C=O) groups excluding carboxylic acids is 1. The van der Waals surface area contributed by atoms with Crippen molar-refractivity contribution < 1.29 is 19.8 Å². The van der Waals surface area contributed by atoms with Crippen LogP contribution in [-0.4, -0.2) is 65.4 Å². The zero-order valence-electron chi connectivity index (χ0n) is 16.4. The number of benzene rings is 1. The molecule has 2 amide bonds. The average Bonchev–Trinajstić information content (AvgIpc) is 2.61. The lowest BCUT2D eigenvalue weighted by atomic mass is 9.74. The first-order valence-electron chi connectivity index (χ1n) is 9.39. The second-order valence-electron chi connectivity index (χ2n) is 7.75. The summed E-state index contributed by atoms with van der Waals surface area (Å²) >= 11 is 0.